The zero-order chi connectivity index (χ0) is 19.8. The summed E-state index contributed by atoms with van der Waals surface area (Å²) in [5, 5.41) is 0. The standard InChI is InChI=1S/C22H23N3O4/c26-21-17-3-1-2-4-18(17)22(27)25(21)12-11-23-7-9-24(10-8-23)14-16-5-6-19-20(13-16)29-15-28-19/h1-6,13H,7-12,14-15H2/p+2. The summed E-state index contributed by atoms with van der Waals surface area (Å²) in [6, 6.07) is 13.3. The number of nitrogens with zero attached hydrogens (tertiary/aromatic N) is 1. The lowest BCUT2D eigenvalue weighted by Gasteiger charge is -2.30. The van der Waals surface area contributed by atoms with E-state index in [4.69, 9.17) is 9.47 Å². The monoisotopic (exact) mass is 395 g/mol. The first-order chi connectivity index (χ1) is 14.2. The maximum absolute atomic E-state index is 12.5. The van der Waals surface area contributed by atoms with Crippen LogP contribution in [0, 0.1) is 0 Å². The number of amides is 2. The fourth-order valence-electron chi connectivity index (χ4n) is 4.44. The van der Waals surface area contributed by atoms with Gasteiger partial charge in [-0.05, 0) is 30.3 Å². The van der Waals surface area contributed by atoms with Gasteiger partial charge in [-0.1, -0.05) is 12.1 Å². The van der Waals surface area contributed by atoms with Crippen LogP contribution in [0.2, 0.25) is 0 Å². The number of carbonyl (C=O) groups is 2. The van der Waals surface area contributed by atoms with Crippen LogP contribution in [0.5, 0.6) is 11.5 Å². The molecule has 29 heavy (non-hydrogen) atoms. The average molecular weight is 395 g/mol. The predicted molar refractivity (Wildman–Crippen MR) is 104 cm³/mol. The Morgan fingerprint density at radius 3 is 2.21 bits per heavy atom. The summed E-state index contributed by atoms with van der Waals surface area (Å²) in [7, 11) is 0. The first-order valence-corrected chi connectivity index (χ1v) is 10.2. The minimum atomic E-state index is -0.155. The number of fused-ring (bicyclic) bond motifs is 2. The molecule has 3 heterocycles. The van der Waals surface area contributed by atoms with E-state index in [0.29, 0.717) is 24.5 Å². The van der Waals surface area contributed by atoms with Crippen LogP contribution in [0.4, 0.5) is 0 Å². The molecule has 0 unspecified atom stereocenters. The molecule has 150 valence electrons. The van der Waals surface area contributed by atoms with Crippen LogP contribution in [-0.2, 0) is 6.54 Å². The number of rotatable bonds is 5. The number of carbonyl (C=O) groups excluding carboxylic acids is 2. The van der Waals surface area contributed by atoms with Gasteiger partial charge in [0.05, 0.1) is 24.2 Å². The molecule has 0 radical (unpaired) electrons. The zero-order valence-electron chi connectivity index (χ0n) is 16.3. The van der Waals surface area contributed by atoms with Crippen molar-refractivity contribution in [1.29, 1.82) is 0 Å². The van der Waals surface area contributed by atoms with Crippen molar-refractivity contribution in [2.45, 2.75) is 6.54 Å². The Morgan fingerprint density at radius 2 is 1.48 bits per heavy atom. The second-order valence-electron chi connectivity index (χ2n) is 7.92. The fourth-order valence-corrected chi connectivity index (χ4v) is 4.44. The van der Waals surface area contributed by atoms with Gasteiger partial charge in [-0.25, -0.2) is 0 Å². The molecule has 3 aliphatic rings. The van der Waals surface area contributed by atoms with Crippen LogP contribution >= 0.6 is 0 Å². The third-order valence-corrected chi connectivity index (χ3v) is 6.12. The van der Waals surface area contributed by atoms with Crippen molar-refractivity contribution >= 4 is 11.8 Å². The third kappa shape index (κ3) is 3.47. The van der Waals surface area contributed by atoms with Crippen molar-refractivity contribution in [2.24, 2.45) is 0 Å². The quantitative estimate of drug-likeness (QED) is 0.638. The minimum Gasteiger partial charge on any atom is -0.454 e. The molecule has 2 amide bonds. The van der Waals surface area contributed by atoms with Crippen LogP contribution in [0.15, 0.2) is 42.5 Å². The van der Waals surface area contributed by atoms with Crippen molar-refractivity contribution < 1.29 is 28.9 Å². The van der Waals surface area contributed by atoms with Gasteiger partial charge in [-0.15, -0.1) is 0 Å². The van der Waals surface area contributed by atoms with Gasteiger partial charge in [0.25, 0.3) is 11.8 Å². The second-order valence-corrected chi connectivity index (χ2v) is 7.92. The van der Waals surface area contributed by atoms with Crippen molar-refractivity contribution in [1.82, 2.24) is 4.90 Å². The van der Waals surface area contributed by atoms with Gasteiger partial charge >= 0.3 is 0 Å². The number of hydrogen-bond donors (Lipinski definition) is 2. The highest BCUT2D eigenvalue weighted by Gasteiger charge is 2.36. The normalized spacial score (nSPS) is 22.8. The number of piperazine rings is 1. The van der Waals surface area contributed by atoms with Crippen LogP contribution in [0.25, 0.3) is 0 Å². The highest BCUT2D eigenvalue weighted by molar-refractivity contribution is 6.21. The van der Waals surface area contributed by atoms with E-state index in [9.17, 15) is 9.59 Å². The average Bonchev–Trinajstić information content (AvgIpc) is 3.31. The fraction of sp³-hybridized carbons (Fsp3) is 0.364. The van der Waals surface area contributed by atoms with Gasteiger partial charge in [-0.3, -0.25) is 14.5 Å². The maximum atomic E-state index is 12.5. The summed E-state index contributed by atoms with van der Waals surface area (Å²) < 4.78 is 10.8. The number of benzene rings is 2. The molecule has 7 nitrogen and oxygen atoms in total. The molecule has 0 aromatic heterocycles. The van der Waals surface area contributed by atoms with Crippen molar-refractivity contribution in [2.75, 3.05) is 46.1 Å². The van der Waals surface area contributed by atoms with Crippen LogP contribution in [0.3, 0.4) is 0 Å². The molecule has 3 aliphatic heterocycles. The smallest absolute Gasteiger partial charge is 0.261 e. The number of ether oxygens (including phenoxy) is 2. The summed E-state index contributed by atoms with van der Waals surface area (Å²) in [4.78, 5) is 29.4. The van der Waals surface area contributed by atoms with Crippen molar-refractivity contribution in [3.8, 4) is 11.5 Å². The molecule has 0 atom stereocenters. The first-order valence-electron chi connectivity index (χ1n) is 10.2. The number of nitrogens with one attached hydrogen (secondary N) is 2. The highest BCUT2D eigenvalue weighted by atomic mass is 16.7. The topological polar surface area (TPSA) is 64.7 Å². The Bertz CT molecular complexity index is 918. The predicted octanol–water partition coefficient (Wildman–Crippen LogP) is -1.01. The summed E-state index contributed by atoms with van der Waals surface area (Å²) in [5.41, 5.74) is 2.33. The molecule has 1 fully saturated rings. The van der Waals surface area contributed by atoms with E-state index in [2.05, 4.69) is 12.1 Å². The Labute approximate surface area is 169 Å². The van der Waals surface area contributed by atoms with E-state index in [0.717, 1.165) is 50.8 Å². The zero-order valence-corrected chi connectivity index (χ0v) is 16.3. The Balaban J connectivity index is 1.11. The molecule has 2 aromatic rings. The molecular formula is C22H25N3O4+2. The Morgan fingerprint density at radius 1 is 0.828 bits per heavy atom. The highest BCUT2D eigenvalue weighted by Crippen LogP contribution is 2.32. The molecule has 7 heteroatoms. The summed E-state index contributed by atoms with van der Waals surface area (Å²) >= 11 is 0. The van der Waals surface area contributed by atoms with E-state index in [1.165, 1.54) is 15.4 Å². The van der Waals surface area contributed by atoms with Gasteiger partial charge in [0.2, 0.25) is 6.79 Å². The summed E-state index contributed by atoms with van der Waals surface area (Å²) in [5.74, 6) is 1.35. The lowest BCUT2D eigenvalue weighted by Crippen LogP contribution is -3.27. The van der Waals surface area contributed by atoms with E-state index < -0.39 is 0 Å². The van der Waals surface area contributed by atoms with Gasteiger partial charge in [0.15, 0.2) is 11.5 Å². The lowest BCUT2D eigenvalue weighted by atomic mass is 10.1. The van der Waals surface area contributed by atoms with E-state index in [1.54, 1.807) is 29.2 Å². The number of imide groups is 1. The van der Waals surface area contributed by atoms with Crippen molar-refractivity contribution in [3.63, 3.8) is 0 Å². The molecule has 0 spiro atoms. The second kappa shape index (κ2) is 7.50. The Kier molecular flexibility index (Phi) is 4.69. The molecular weight excluding hydrogens is 370 g/mol. The molecule has 0 saturated carbocycles. The first kappa shape index (κ1) is 18.1. The van der Waals surface area contributed by atoms with E-state index in [-0.39, 0.29) is 11.8 Å². The van der Waals surface area contributed by atoms with E-state index in [1.807, 2.05) is 6.07 Å². The van der Waals surface area contributed by atoms with Gasteiger partial charge < -0.3 is 19.3 Å². The summed E-state index contributed by atoms with van der Waals surface area (Å²) in [6.45, 7) is 6.81. The molecule has 1 saturated heterocycles. The number of quaternary nitrogens is 2. The molecule has 0 bridgehead atoms. The van der Waals surface area contributed by atoms with Crippen LogP contribution in [-0.4, -0.2) is 62.8 Å². The molecule has 0 aliphatic carbocycles. The van der Waals surface area contributed by atoms with Gasteiger partial charge in [-0.2, -0.15) is 0 Å². The van der Waals surface area contributed by atoms with Crippen molar-refractivity contribution in [3.05, 3.63) is 59.2 Å². The largest absolute Gasteiger partial charge is 0.454 e. The molecule has 2 N–H and O–H groups in total. The third-order valence-electron chi connectivity index (χ3n) is 6.12. The SMILES string of the molecule is O=C1c2ccccc2C(=O)N1CC[NH+]1CC[NH+](Cc2ccc3c(c2)OCO3)CC1. The van der Waals surface area contributed by atoms with Crippen LogP contribution < -0.4 is 19.3 Å². The van der Waals surface area contributed by atoms with Crippen LogP contribution in [0.1, 0.15) is 26.3 Å². The Hall–Kier alpha value is -2.90. The lowest BCUT2D eigenvalue weighted by molar-refractivity contribution is -1.02. The number of hydrogen-bond acceptors (Lipinski definition) is 4. The van der Waals surface area contributed by atoms with Gasteiger partial charge in [0, 0.05) is 5.56 Å². The van der Waals surface area contributed by atoms with Gasteiger partial charge in [0.1, 0.15) is 32.7 Å². The maximum Gasteiger partial charge on any atom is 0.261 e. The molecule has 5 rings (SSSR count). The molecule has 2 aromatic carbocycles. The summed E-state index contributed by atoms with van der Waals surface area (Å²) in [6.07, 6.45) is 0. The minimum absolute atomic E-state index is 0.155. The van der Waals surface area contributed by atoms with E-state index >= 15 is 0 Å².